The van der Waals surface area contributed by atoms with Crippen LogP contribution < -0.4 is 9.64 Å². The SMILES string of the molecule is COc1ccc([C@H]2C(C(=O)c3ccccc3)N3c4cc(Cl)ccc4C=C[C@@H]3C2(C#N)C#N)cc1. The lowest BCUT2D eigenvalue weighted by atomic mass is 9.69. The molecule has 0 amide bonds. The molecule has 3 atom stereocenters. The van der Waals surface area contributed by atoms with Gasteiger partial charge in [0.25, 0.3) is 0 Å². The van der Waals surface area contributed by atoms with Crippen LogP contribution in [0.3, 0.4) is 0 Å². The van der Waals surface area contributed by atoms with Crippen molar-refractivity contribution in [2.75, 3.05) is 12.0 Å². The van der Waals surface area contributed by atoms with Crippen molar-refractivity contribution in [1.82, 2.24) is 0 Å². The number of ether oxygens (including phenoxy) is 1. The van der Waals surface area contributed by atoms with E-state index >= 15 is 0 Å². The Kier molecular flexibility index (Phi) is 5.36. The molecule has 0 spiro atoms. The van der Waals surface area contributed by atoms with Crippen molar-refractivity contribution in [3.05, 3.63) is 101 Å². The highest BCUT2D eigenvalue weighted by molar-refractivity contribution is 6.31. The van der Waals surface area contributed by atoms with Crippen molar-refractivity contribution in [1.29, 1.82) is 10.5 Å². The fourth-order valence-electron chi connectivity index (χ4n) is 5.21. The van der Waals surface area contributed by atoms with Gasteiger partial charge < -0.3 is 9.64 Å². The van der Waals surface area contributed by atoms with Gasteiger partial charge in [0.2, 0.25) is 0 Å². The Morgan fingerprint density at radius 3 is 2.38 bits per heavy atom. The minimum atomic E-state index is -1.50. The largest absolute Gasteiger partial charge is 0.497 e. The molecular formula is C28H20ClN3O2. The van der Waals surface area contributed by atoms with Crippen LogP contribution in [-0.2, 0) is 0 Å². The smallest absolute Gasteiger partial charge is 0.185 e. The molecule has 1 saturated heterocycles. The van der Waals surface area contributed by atoms with E-state index in [0.717, 1.165) is 16.8 Å². The summed E-state index contributed by atoms with van der Waals surface area (Å²) in [6.45, 7) is 0. The molecule has 0 N–H and O–H groups in total. The molecule has 0 saturated carbocycles. The Morgan fingerprint density at radius 1 is 1.03 bits per heavy atom. The van der Waals surface area contributed by atoms with Crippen LogP contribution in [0.25, 0.3) is 6.08 Å². The molecule has 0 aromatic heterocycles. The van der Waals surface area contributed by atoms with Crippen LogP contribution in [0.15, 0.2) is 78.9 Å². The molecule has 3 aromatic rings. The van der Waals surface area contributed by atoms with E-state index in [-0.39, 0.29) is 5.78 Å². The van der Waals surface area contributed by atoms with Crippen molar-refractivity contribution >= 4 is 29.1 Å². The average molecular weight is 466 g/mol. The molecule has 6 heteroatoms. The van der Waals surface area contributed by atoms with E-state index < -0.39 is 23.4 Å². The van der Waals surface area contributed by atoms with Gasteiger partial charge in [-0.15, -0.1) is 0 Å². The lowest BCUT2D eigenvalue weighted by Gasteiger charge is -2.35. The highest BCUT2D eigenvalue weighted by Gasteiger charge is 2.63. The summed E-state index contributed by atoms with van der Waals surface area (Å²) in [5, 5.41) is 21.5. The van der Waals surface area contributed by atoms with Gasteiger partial charge in [-0.25, -0.2) is 0 Å². The van der Waals surface area contributed by atoms with Crippen molar-refractivity contribution in [3.8, 4) is 17.9 Å². The van der Waals surface area contributed by atoms with Crippen molar-refractivity contribution in [2.24, 2.45) is 5.41 Å². The molecule has 1 unspecified atom stereocenters. The zero-order chi connectivity index (χ0) is 23.9. The number of methoxy groups -OCH3 is 1. The topological polar surface area (TPSA) is 77.1 Å². The first kappa shape index (κ1) is 21.8. The van der Waals surface area contributed by atoms with Crippen LogP contribution in [0, 0.1) is 28.1 Å². The number of carbonyl (C=O) groups is 1. The third-order valence-electron chi connectivity index (χ3n) is 6.77. The van der Waals surface area contributed by atoms with Gasteiger partial charge in [0.15, 0.2) is 11.2 Å². The highest BCUT2D eigenvalue weighted by atomic mass is 35.5. The Morgan fingerprint density at radius 2 is 1.74 bits per heavy atom. The van der Waals surface area contributed by atoms with E-state index in [2.05, 4.69) is 12.1 Å². The van der Waals surface area contributed by atoms with E-state index in [9.17, 15) is 15.3 Å². The molecule has 1 fully saturated rings. The van der Waals surface area contributed by atoms with Gasteiger partial charge >= 0.3 is 0 Å². The summed E-state index contributed by atoms with van der Waals surface area (Å²) in [5.74, 6) is -0.206. The Hall–Kier alpha value is -4.06. The lowest BCUT2D eigenvalue weighted by Crippen LogP contribution is -2.44. The summed E-state index contributed by atoms with van der Waals surface area (Å²) in [7, 11) is 1.58. The molecule has 0 radical (unpaired) electrons. The van der Waals surface area contributed by atoms with E-state index in [1.807, 2.05) is 53.5 Å². The van der Waals surface area contributed by atoms with Gasteiger partial charge in [0, 0.05) is 22.2 Å². The molecule has 5 nitrogen and oxygen atoms in total. The number of anilines is 1. The zero-order valence-electron chi connectivity index (χ0n) is 18.4. The molecule has 5 rings (SSSR count). The second-order valence-electron chi connectivity index (χ2n) is 8.43. The number of benzene rings is 3. The summed E-state index contributed by atoms with van der Waals surface area (Å²) in [6, 6.07) is 24.9. The third kappa shape index (κ3) is 3.17. The van der Waals surface area contributed by atoms with Crippen LogP contribution in [-0.4, -0.2) is 25.0 Å². The number of nitriles is 2. The normalized spacial score (nSPS) is 21.6. The molecule has 34 heavy (non-hydrogen) atoms. The van der Waals surface area contributed by atoms with E-state index in [1.165, 1.54) is 0 Å². The number of rotatable bonds is 4. The van der Waals surface area contributed by atoms with Crippen LogP contribution in [0.2, 0.25) is 5.02 Å². The van der Waals surface area contributed by atoms with Gasteiger partial charge in [-0.3, -0.25) is 4.79 Å². The number of Topliss-reactive ketones (excluding diaryl/α,β-unsaturated/α-hetero) is 1. The Labute approximate surface area is 203 Å². The maximum absolute atomic E-state index is 14.1. The third-order valence-corrected chi connectivity index (χ3v) is 7.01. The number of hydrogen-bond acceptors (Lipinski definition) is 5. The number of halogens is 1. The molecule has 2 aliphatic heterocycles. The maximum Gasteiger partial charge on any atom is 0.185 e. The highest BCUT2D eigenvalue weighted by Crippen LogP contribution is 2.55. The van der Waals surface area contributed by atoms with Gasteiger partial charge in [-0.2, -0.15) is 10.5 Å². The number of carbonyl (C=O) groups excluding carboxylic acids is 1. The number of nitrogens with zero attached hydrogens (tertiary/aromatic N) is 3. The van der Waals surface area contributed by atoms with Crippen molar-refractivity contribution in [2.45, 2.75) is 18.0 Å². The summed E-state index contributed by atoms with van der Waals surface area (Å²) < 4.78 is 5.30. The average Bonchev–Trinajstić information content (AvgIpc) is 3.19. The lowest BCUT2D eigenvalue weighted by molar-refractivity contribution is 0.0951. The first-order chi connectivity index (χ1) is 16.5. The maximum atomic E-state index is 14.1. The molecule has 166 valence electrons. The number of hydrogen-bond donors (Lipinski definition) is 0. The van der Waals surface area contributed by atoms with Crippen LogP contribution in [0.1, 0.15) is 27.4 Å². The Bertz CT molecular complexity index is 1360. The zero-order valence-corrected chi connectivity index (χ0v) is 19.1. The number of fused-ring (bicyclic) bond motifs is 3. The fraction of sp³-hybridized carbons (Fsp3) is 0.179. The summed E-state index contributed by atoms with van der Waals surface area (Å²) >= 11 is 6.36. The summed E-state index contributed by atoms with van der Waals surface area (Å²) in [6.07, 6.45) is 3.76. The quantitative estimate of drug-likeness (QED) is 0.466. The van der Waals surface area contributed by atoms with Crippen LogP contribution in [0.4, 0.5) is 5.69 Å². The summed E-state index contributed by atoms with van der Waals surface area (Å²) in [5.41, 5.74) is 1.37. The van der Waals surface area contributed by atoms with Crippen LogP contribution in [0.5, 0.6) is 5.75 Å². The molecule has 0 aliphatic carbocycles. The van der Waals surface area contributed by atoms with Gasteiger partial charge in [-0.1, -0.05) is 72.3 Å². The van der Waals surface area contributed by atoms with Crippen molar-refractivity contribution < 1.29 is 9.53 Å². The predicted octanol–water partition coefficient (Wildman–Crippen LogP) is 5.63. The molecular weight excluding hydrogens is 446 g/mol. The molecule has 2 aliphatic rings. The predicted molar refractivity (Wildman–Crippen MR) is 131 cm³/mol. The monoisotopic (exact) mass is 465 g/mol. The minimum Gasteiger partial charge on any atom is -0.497 e. The molecule has 2 heterocycles. The molecule has 3 aromatic carbocycles. The second-order valence-corrected chi connectivity index (χ2v) is 8.87. The van der Waals surface area contributed by atoms with E-state index in [1.54, 1.807) is 43.5 Å². The van der Waals surface area contributed by atoms with E-state index in [0.29, 0.717) is 16.3 Å². The number of ketones is 1. The standard InChI is InChI=1S/C28H20ClN3O2/c1-34-22-12-8-19(9-13-22)25-26(27(33)20-5-3-2-4-6-20)32-23-15-21(29)11-7-18(23)10-14-24(32)28(25,16-30)17-31/h2-15,24-26H,1H3/t24-,25+,26?/m1/s1. The Balaban J connectivity index is 1.78. The van der Waals surface area contributed by atoms with Crippen molar-refractivity contribution in [3.63, 3.8) is 0 Å². The van der Waals surface area contributed by atoms with Gasteiger partial charge in [0.1, 0.15) is 11.8 Å². The van der Waals surface area contributed by atoms with Gasteiger partial charge in [-0.05, 0) is 35.4 Å². The second kappa shape index (κ2) is 8.37. The fourth-order valence-corrected chi connectivity index (χ4v) is 5.38. The minimum absolute atomic E-state index is 0.153. The van der Waals surface area contributed by atoms with E-state index in [4.69, 9.17) is 16.3 Å². The van der Waals surface area contributed by atoms with Gasteiger partial charge in [0.05, 0.1) is 25.3 Å². The first-order valence-electron chi connectivity index (χ1n) is 10.9. The van der Waals surface area contributed by atoms with Crippen LogP contribution >= 0.6 is 11.6 Å². The summed E-state index contributed by atoms with van der Waals surface area (Å²) in [4.78, 5) is 16.0. The first-order valence-corrected chi connectivity index (χ1v) is 11.2. The molecule has 0 bridgehead atoms.